The van der Waals surface area contributed by atoms with E-state index in [4.69, 9.17) is 10.8 Å². The minimum Gasteiger partial charge on any atom is -0.478 e. The van der Waals surface area contributed by atoms with Gasteiger partial charge in [0.15, 0.2) is 0 Å². The zero-order valence-corrected chi connectivity index (χ0v) is 13.1. The van der Waals surface area contributed by atoms with Crippen molar-refractivity contribution in [3.63, 3.8) is 0 Å². The summed E-state index contributed by atoms with van der Waals surface area (Å²) in [7, 11) is 0. The highest BCUT2D eigenvalue weighted by atomic mass is 16.4. The highest BCUT2D eigenvalue weighted by Crippen LogP contribution is 2.25. The molecule has 6 heteroatoms. The van der Waals surface area contributed by atoms with Crippen molar-refractivity contribution in [3.05, 3.63) is 65.4 Å². The Morgan fingerprint density at radius 2 is 1.88 bits per heavy atom. The molecule has 0 bridgehead atoms. The molecule has 0 amide bonds. The quantitative estimate of drug-likeness (QED) is 0.568. The second-order valence-electron chi connectivity index (χ2n) is 5.89. The lowest BCUT2D eigenvalue weighted by Crippen LogP contribution is -2.01. The fraction of sp³-hybridized carbons (Fsp3) is 0.111. The van der Waals surface area contributed by atoms with E-state index in [-0.39, 0.29) is 5.56 Å². The number of carboxylic acids is 1. The minimum atomic E-state index is -0.922. The Morgan fingerprint density at radius 3 is 2.58 bits per heavy atom. The number of fused-ring (bicyclic) bond motifs is 3. The Labute approximate surface area is 137 Å². The molecule has 2 aromatic heterocycles. The van der Waals surface area contributed by atoms with E-state index in [2.05, 4.69) is 9.67 Å². The van der Waals surface area contributed by atoms with Crippen LogP contribution in [0.5, 0.6) is 0 Å². The predicted molar refractivity (Wildman–Crippen MR) is 92.3 cm³/mol. The van der Waals surface area contributed by atoms with Crippen LogP contribution in [-0.2, 0) is 6.54 Å². The van der Waals surface area contributed by atoms with Crippen molar-refractivity contribution < 1.29 is 9.90 Å². The summed E-state index contributed by atoms with van der Waals surface area (Å²) in [5, 5.41) is 13.6. The lowest BCUT2D eigenvalue weighted by atomic mass is 10.1. The van der Waals surface area contributed by atoms with Gasteiger partial charge in [0.25, 0.3) is 0 Å². The Morgan fingerprint density at radius 1 is 1.12 bits per heavy atom. The highest BCUT2D eigenvalue weighted by molar-refractivity contribution is 5.87. The first-order valence-electron chi connectivity index (χ1n) is 7.59. The molecule has 24 heavy (non-hydrogen) atoms. The van der Waals surface area contributed by atoms with Gasteiger partial charge in [0.2, 0.25) is 0 Å². The van der Waals surface area contributed by atoms with E-state index in [0.717, 1.165) is 27.9 Å². The Bertz CT molecular complexity index is 1070. The van der Waals surface area contributed by atoms with Crippen LogP contribution in [0.3, 0.4) is 0 Å². The van der Waals surface area contributed by atoms with Gasteiger partial charge in [0.1, 0.15) is 5.65 Å². The van der Waals surface area contributed by atoms with Crippen molar-refractivity contribution in [3.8, 4) is 0 Å². The molecule has 0 aliphatic heterocycles. The van der Waals surface area contributed by atoms with E-state index in [1.165, 1.54) is 0 Å². The smallest absolute Gasteiger partial charge is 0.335 e. The van der Waals surface area contributed by atoms with Crippen LogP contribution in [0.25, 0.3) is 16.7 Å². The number of anilines is 1. The molecule has 0 aliphatic rings. The molecule has 2 heterocycles. The second kappa shape index (κ2) is 5.13. The SMILES string of the molecule is Cc1cc2n(Cc3ccc(C(=O)O)cc3)c3cc(N)ccc3n2n1. The number of aromatic carboxylic acids is 1. The van der Waals surface area contributed by atoms with Crippen LogP contribution < -0.4 is 5.73 Å². The average Bonchev–Trinajstić information content (AvgIpc) is 3.05. The van der Waals surface area contributed by atoms with Gasteiger partial charge in [-0.15, -0.1) is 0 Å². The van der Waals surface area contributed by atoms with Gasteiger partial charge in [-0.1, -0.05) is 12.1 Å². The fourth-order valence-electron chi connectivity index (χ4n) is 3.02. The van der Waals surface area contributed by atoms with E-state index in [1.807, 2.05) is 47.8 Å². The van der Waals surface area contributed by atoms with Gasteiger partial charge >= 0.3 is 5.97 Å². The minimum absolute atomic E-state index is 0.283. The lowest BCUT2D eigenvalue weighted by molar-refractivity contribution is 0.0697. The van der Waals surface area contributed by atoms with Crippen LogP contribution in [-0.4, -0.2) is 25.3 Å². The summed E-state index contributed by atoms with van der Waals surface area (Å²) < 4.78 is 4.05. The van der Waals surface area contributed by atoms with Crippen molar-refractivity contribution in [2.24, 2.45) is 0 Å². The maximum absolute atomic E-state index is 11.0. The third-order valence-electron chi connectivity index (χ3n) is 4.15. The molecular weight excluding hydrogens is 304 g/mol. The van der Waals surface area contributed by atoms with Crippen molar-refractivity contribution in [2.75, 3.05) is 5.73 Å². The third kappa shape index (κ3) is 2.20. The van der Waals surface area contributed by atoms with Crippen molar-refractivity contribution in [1.82, 2.24) is 14.2 Å². The maximum Gasteiger partial charge on any atom is 0.335 e. The number of carboxylic acid groups (broad SMARTS) is 1. The normalized spacial score (nSPS) is 11.4. The zero-order chi connectivity index (χ0) is 16.8. The number of nitrogen functional groups attached to an aromatic ring is 1. The van der Waals surface area contributed by atoms with Crippen LogP contribution in [0.4, 0.5) is 5.69 Å². The molecule has 0 radical (unpaired) electrons. The first kappa shape index (κ1) is 14.3. The number of imidazole rings is 1. The molecule has 4 rings (SSSR count). The molecular formula is C18H16N4O2. The molecule has 0 spiro atoms. The molecule has 3 N–H and O–H groups in total. The highest BCUT2D eigenvalue weighted by Gasteiger charge is 2.13. The topological polar surface area (TPSA) is 85.5 Å². The first-order chi connectivity index (χ1) is 11.5. The van der Waals surface area contributed by atoms with E-state index in [0.29, 0.717) is 12.2 Å². The molecule has 0 unspecified atom stereocenters. The van der Waals surface area contributed by atoms with Crippen LogP contribution in [0.2, 0.25) is 0 Å². The molecule has 0 atom stereocenters. The second-order valence-corrected chi connectivity index (χ2v) is 5.89. The number of benzene rings is 2. The third-order valence-corrected chi connectivity index (χ3v) is 4.15. The van der Waals surface area contributed by atoms with Crippen LogP contribution in [0, 0.1) is 6.92 Å². The van der Waals surface area contributed by atoms with Crippen molar-refractivity contribution >= 4 is 28.3 Å². The van der Waals surface area contributed by atoms with Gasteiger partial charge < -0.3 is 15.4 Å². The van der Waals surface area contributed by atoms with Crippen molar-refractivity contribution in [2.45, 2.75) is 13.5 Å². The number of carbonyl (C=O) groups is 1. The molecule has 6 nitrogen and oxygen atoms in total. The van der Waals surface area contributed by atoms with E-state index < -0.39 is 5.97 Å². The van der Waals surface area contributed by atoms with Crippen LogP contribution >= 0.6 is 0 Å². The van der Waals surface area contributed by atoms with E-state index in [9.17, 15) is 4.79 Å². The van der Waals surface area contributed by atoms with Gasteiger partial charge in [-0.05, 0) is 42.8 Å². The number of hydrogen-bond donors (Lipinski definition) is 2. The summed E-state index contributed by atoms with van der Waals surface area (Å²) >= 11 is 0. The molecule has 0 saturated carbocycles. The standard InChI is InChI=1S/C18H16N4O2/c1-11-8-17-21(10-12-2-4-13(5-3-12)18(23)24)16-9-14(19)6-7-15(16)22(17)20-11/h2-9H,10,19H2,1H3,(H,23,24). The molecule has 0 saturated heterocycles. The molecule has 2 aromatic carbocycles. The summed E-state index contributed by atoms with van der Waals surface area (Å²) in [6.07, 6.45) is 0. The number of nitrogens with two attached hydrogens (primary N) is 1. The number of aromatic nitrogens is 3. The number of hydrogen-bond acceptors (Lipinski definition) is 3. The first-order valence-corrected chi connectivity index (χ1v) is 7.59. The van der Waals surface area contributed by atoms with Gasteiger partial charge in [-0.3, -0.25) is 0 Å². The van der Waals surface area contributed by atoms with Gasteiger partial charge in [0, 0.05) is 18.3 Å². The monoisotopic (exact) mass is 320 g/mol. The number of aryl methyl sites for hydroxylation is 1. The van der Waals surface area contributed by atoms with Crippen molar-refractivity contribution in [1.29, 1.82) is 0 Å². The number of rotatable bonds is 3. The maximum atomic E-state index is 11.0. The summed E-state index contributed by atoms with van der Waals surface area (Å²) in [6.45, 7) is 2.57. The summed E-state index contributed by atoms with van der Waals surface area (Å²) in [5.74, 6) is -0.922. The largest absolute Gasteiger partial charge is 0.478 e. The summed E-state index contributed by atoms with van der Waals surface area (Å²) in [4.78, 5) is 11.0. The van der Waals surface area contributed by atoms with Gasteiger partial charge in [-0.25, -0.2) is 9.31 Å². The number of nitrogens with zero attached hydrogens (tertiary/aromatic N) is 3. The molecule has 0 fully saturated rings. The van der Waals surface area contributed by atoms with E-state index in [1.54, 1.807) is 12.1 Å². The van der Waals surface area contributed by atoms with Crippen LogP contribution in [0.1, 0.15) is 21.6 Å². The Hall–Kier alpha value is -3.28. The summed E-state index contributed by atoms with van der Waals surface area (Å²) in [6, 6.07) is 14.7. The van der Waals surface area contributed by atoms with E-state index >= 15 is 0 Å². The summed E-state index contributed by atoms with van der Waals surface area (Å²) in [5.41, 5.74) is 11.9. The Balaban J connectivity index is 1.87. The molecule has 4 aromatic rings. The average molecular weight is 320 g/mol. The zero-order valence-electron chi connectivity index (χ0n) is 13.1. The fourth-order valence-corrected chi connectivity index (χ4v) is 3.02. The van der Waals surface area contributed by atoms with Crippen LogP contribution in [0.15, 0.2) is 48.5 Å². The van der Waals surface area contributed by atoms with Gasteiger partial charge in [0.05, 0.1) is 22.3 Å². The molecule has 0 aliphatic carbocycles. The lowest BCUT2D eigenvalue weighted by Gasteiger charge is -2.07. The Kier molecular flexibility index (Phi) is 3.06. The van der Waals surface area contributed by atoms with Gasteiger partial charge in [-0.2, -0.15) is 5.10 Å². The molecule has 120 valence electrons. The predicted octanol–water partition coefficient (Wildman–Crippen LogP) is 2.93.